The predicted molar refractivity (Wildman–Crippen MR) is 130 cm³/mol. The van der Waals surface area contributed by atoms with E-state index in [1.54, 1.807) is 37.6 Å². The quantitative estimate of drug-likeness (QED) is 0.322. The highest BCUT2D eigenvalue weighted by Gasteiger charge is 2.25. The third kappa shape index (κ3) is 4.82. The Kier molecular flexibility index (Phi) is 6.59. The lowest BCUT2D eigenvalue weighted by atomic mass is 10.1. The third-order valence-corrected chi connectivity index (χ3v) is 8.65. The van der Waals surface area contributed by atoms with E-state index in [2.05, 4.69) is 9.71 Å². The number of aromatic nitrogens is 2. The van der Waals surface area contributed by atoms with E-state index in [4.69, 9.17) is 9.05 Å². The van der Waals surface area contributed by atoms with E-state index < -0.39 is 17.6 Å². The standard InChI is InChI=1S/C23H26N3O5PS/c1-4-30-32(27,31-5-2)16-17-10-13-19(14-11-17)33(28,29)25-23-24-21-15-12-18-8-6-7-9-20(18)22(21)26(23)3/h6-15H,4-5,16H2,1-3H3,(H,24,25). The Bertz CT molecular complexity index is 1440. The van der Waals surface area contributed by atoms with Crippen molar-refractivity contribution >= 4 is 45.4 Å². The van der Waals surface area contributed by atoms with Crippen LogP contribution in [0.15, 0.2) is 65.6 Å². The van der Waals surface area contributed by atoms with Gasteiger partial charge in [0.05, 0.1) is 35.3 Å². The molecule has 0 aliphatic rings. The number of sulfonamides is 1. The number of anilines is 1. The number of fused-ring (bicyclic) bond motifs is 3. The van der Waals surface area contributed by atoms with Crippen LogP contribution in [-0.2, 0) is 36.8 Å². The monoisotopic (exact) mass is 487 g/mol. The van der Waals surface area contributed by atoms with Crippen molar-refractivity contribution in [3.8, 4) is 0 Å². The molecule has 174 valence electrons. The van der Waals surface area contributed by atoms with Crippen molar-refractivity contribution in [1.82, 2.24) is 9.55 Å². The lowest BCUT2D eigenvalue weighted by Gasteiger charge is -2.17. The molecule has 4 aromatic rings. The predicted octanol–water partition coefficient (Wildman–Crippen LogP) is 5.29. The summed E-state index contributed by atoms with van der Waals surface area (Å²) in [5.74, 6) is 0.225. The van der Waals surface area contributed by atoms with Crippen molar-refractivity contribution in [3.05, 3.63) is 66.2 Å². The van der Waals surface area contributed by atoms with Crippen LogP contribution in [0.1, 0.15) is 19.4 Å². The van der Waals surface area contributed by atoms with Gasteiger partial charge < -0.3 is 13.6 Å². The van der Waals surface area contributed by atoms with Crippen molar-refractivity contribution in [2.45, 2.75) is 24.9 Å². The smallest absolute Gasteiger partial charge is 0.312 e. The molecule has 1 N–H and O–H groups in total. The van der Waals surface area contributed by atoms with Gasteiger partial charge in [-0.15, -0.1) is 0 Å². The highest BCUT2D eigenvalue weighted by Crippen LogP contribution is 2.51. The molecule has 0 atom stereocenters. The Morgan fingerprint density at radius 2 is 1.64 bits per heavy atom. The number of imidazole rings is 1. The molecule has 0 spiro atoms. The zero-order chi connectivity index (χ0) is 23.6. The Hall–Kier alpha value is -2.71. The lowest BCUT2D eigenvalue weighted by molar-refractivity contribution is 0.219. The van der Waals surface area contributed by atoms with Gasteiger partial charge in [-0.25, -0.2) is 18.1 Å². The summed E-state index contributed by atoms with van der Waals surface area (Å²) in [6, 6.07) is 17.9. The molecule has 0 fully saturated rings. The van der Waals surface area contributed by atoms with Crippen LogP contribution in [0.3, 0.4) is 0 Å². The van der Waals surface area contributed by atoms with Gasteiger partial charge in [0, 0.05) is 12.4 Å². The minimum absolute atomic E-state index is 0.0697. The fourth-order valence-electron chi connectivity index (χ4n) is 3.77. The maximum Gasteiger partial charge on any atom is 0.335 e. The zero-order valence-corrected chi connectivity index (χ0v) is 20.4. The largest absolute Gasteiger partial charge is 0.335 e. The van der Waals surface area contributed by atoms with E-state index >= 15 is 0 Å². The van der Waals surface area contributed by atoms with Crippen molar-refractivity contribution in [2.75, 3.05) is 17.9 Å². The van der Waals surface area contributed by atoms with Gasteiger partial charge in [-0.1, -0.05) is 42.5 Å². The molecule has 3 aromatic carbocycles. The first-order valence-corrected chi connectivity index (χ1v) is 13.8. The molecule has 8 nitrogen and oxygen atoms in total. The van der Waals surface area contributed by atoms with Crippen LogP contribution in [0.4, 0.5) is 5.95 Å². The second-order valence-corrected chi connectivity index (χ2v) is 11.2. The van der Waals surface area contributed by atoms with E-state index in [-0.39, 0.29) is 30.2 Å². The summed E-state index contributed by atoms with van der Waals surface area (Å²) in [7, 11) is -5.38. The fourth-order valence-corrected chi connectivity index (χ4v) is 6.51. The van der Waals surface area contributed by atoms with E-state index in [0.717, 1.165) is 16.3 Å². The molecule has 0 saturated carbocycles. The third-order valence-electron chi connectivity index (χ3n) is 5.25. The number of nitrogens with zero attached hydrogens (tertiary/aromatic N) is 2. The molecular weight excluding hydrogens is 461 g/mol. The molecule has 0 radical (unpaired) electrons. The number of aryl methyl sites for hydroxylation is 1. The summed E-state index contributed by atoms with van der Waals surface area (Å²) in [5.41, 5.74) is 2.21. The normalized spacial score (nSPS) is 12.5. The Labute approximate surface area is 193 Å². The molecule has 0 aliphatic heterocycles. The lowest BCUT2D eigenvalue weighted by Crippen LogP contribution is -2.16. The Balaban J connectivity index is 1.60. The van der Waals surface area contributed by atoms with Crippen molar-refractivity contribution in [2.24, 2.45) is 7.05 Å². The second kappa shape index (κ2) is 9.27. The first-order valence-electron chi connectivity index (χ1n) is 10.6. The van der Waals surface area contributed by atoms with Gasteiger partial charge in [0.15, 0.2) is 0 Å². The Morgan fingerprint density at radius 3 is 2.30 bits per heavy atom. The maximum atomic E-state index is 13.0. The number of nitrogens with one attached hydrogen (secondary N) is 1. The Morgan fingerprint density at radius 1 is 0.970 bits per heavy atom. The summed E-state index contributed by atoms with van der Waals surface area (Å²) < 4.78 is 53.7. The molecule has 33 heavy (non-hydrogen) atoms. The number of rotatable bonds is 9. The number of hydrogen-bond donors (Lipinski definition) is 1. The van der Waals surface area contributed by atoms with Crippen molar-refractivity contribution in [3.63, 3.8) is 0 Å². The molecule has 10 heteroatoms. The zero-order valence-electron chi connectivity index (χ0n) is 18.7. The summed E-state index contributed by atoms with van der Waals surface area (Å²) >= 11 is 0. The van der Waals surface area contributed by atoms with Crippen LogP contribution >= 0.6 is 7.60 Å². The summed E-state index contributed by atoms with van der Waals surface area (Å²) in [5, 5.41) is 2.04. The average molecular weight is 488 g/mol. The van der Waals surface area contributed by atoms with Crippen LogP contribution in [0.5, 0.6) is 0 Å². The van der Waals surface area contributed by atoms with Gasteiger partial charge >= 0.3 is 7.60 Å². The molecule has 0 bridgehead atoms. The topological polar surface area (TPSA) is 99.5 Å². The van der Waals surface area contributed by atoms with Gasteiger partial charge in [0.1, 0.15) is 0 Å². The fraction of sp³-hybridized carbons (Fsp3) is 0.261. The van der Waals surface area contributed by atoms with E-state index in [1.165, 1.54) is 12.1 Å². The van der Waals surface area contributed by atoms with Crippen LogP contribution in [0.2, 0.25) is 0 Å². The summed E-state index contributed by atoms with van der Waals surface area (Å²) in [6.45, 7) is 4.02. The SMILES string of the molecule is CCOP(=O)(Cc1ccc(S(=O)(=O)Nc2nc3ccc4ccccc4c3n2C)cc1)OCC. The van der Waals surface area contributed by atoms with E-state index in [0.29, 0.717) is 11.1 Å². The van der Waals surface area contributed by atoms with Gasteiger partial charge in [-0.2, -0.15) is 0 Å². The number of hydrogen-bond acceptors (Lipinski definition) is 6. The van der Waals surface area contributed by atoms with Crippen LogP contribution < -0.4 is 4.72 Å². The summed E-state index contributed by atoms with van der Waals surface area (Å²) in [6.07, 6.45) is 0.0697. The first-order chi connectivity index (χ1) is 15.8. The van der Waals surface area contributed by atoms with Gasteiger partial charge in [-0.05, 0) is 43.0 Å². The van der Waals surface area contributed by atoms with Crippen LogP contribution in [-0.4, -0.2) is 31.2 Å². The summed E-state index contributed by atoms with van der Waals surface area (Å²) in [4.78, 5) is 4.56. The van der Waals surface area contributed by atoms with Gasteiger partial charge in [-0.3, -0.25) is 4.57 Å². The minimum atomic E-state index is -3.88. The van der Waals surface area contributed by atoms with Gasteiger partial charge in [0.25, 0.3) is 10.0 Å². The van der Waals surface area contributed by atoms with E-state index in [9.17, 15) is 13.0 Å². The molecule has 0 unspecified atom stereocenters. The molecule has 4 rings (SSSR count). The molecule has 0 amide bonds. The number of benzene rings is 3. The van der Waals surface area contributed by atoms with Crippen molar-refractivity contribution in [1.29, 1.82) is 0 Å². The van der Waals surface area contributed by atoms with Crippen LogP contribution in [0, 0.1) is 0 Å². The highest BCUT2D eigenvalue weighted by molar-refractivity contribution is 7.92. The first kappa shape index (κ1) is 23.4. The second-order valence-electron chi connectivity index (χ2n) is 7.50. The molecular formula is C23H26N3O5PS. The van der Waals surface area contributed by atoms with E-state index in [1.807, 2.05) is 36.4 Å². The van der Waals surface area contributed by atoms with Gasteiger partial charge in [0.2, 0.25) is 5.95 Å². The molecule has 1 aromatic heterocycles. The molecule has 1 heterocycles. The van der Waals surface area contributed by atoms with Crippen molar-refractivity contribution < 1.29 is 22.0 Å². The maximum absolute atomic E-state index is 13.0. The molecule has 0 saturated heterocycles. The van der Waals surface area contributed by atoms with Crippen LogP contribution in [0.25, 0.3) is 21.8 Å². The average Bonchev–Trinajstić information content (AvgIpc) is 3.09. The minimum Gasteiger partial charge on any atom is -0.312 e. The highest BCUT2D eigenvalue weighted by atomic mass is 32.2. The molecule has 0 aliphatic carbocycles.